The lowest BCUT2D eigenvalue weighted by atomic mass is 9.88. The second kappa shape index (κ2) is 8.98. The molecule has 2 aromatic carbocycles. The van der Waals surface area contributed by atoms with Crippen LogP contribution in [0.15, 0.2) is 47.4 Å². The van der Waals surface area contributed by atoms with Gasteiger partial charge in [-0.15, -0.1) is 0 Å². The van der Waals surface area contributed by atoms with E-state index in [1.54, 1.807) is 6.07 Å². The maximum absolute atomic E-state index is 12.8. The number of hydrogen-bond donors (Lipinski definition) is 2. The highest BCUT2D eigenvalue weighted by atomic mass is 32.2. The summed E-state index contributed by atoms with van der Waals surface area (Å²) in [4.78, 5) is -0.0674. The Morgan fingerprint density at radius 1 is 1.10 bits per heavy atom. The van der Waals surface area contributed by atoms with Crippen LogP contribution in [-0.4, -0.2) is 27.2 Å². The molecule has 2 aromatic rings. The predicted molar refractivity (Wildman–Crippen MR) is 112 cm³/mol. The zero-order valence-corrected chi connectivity index (χ0v) is 17.9. The fourth-order valence-electron chi connectivity index (χ4n) is 3.68. The van der Waals surface area contributed by atoms with E-state index >= 15 is 0 Å². The molecule has 3 rings (SSSR count). The van der Waals surface area contributed by atoms with Gasteiger partial charge in [0.1, 0.15) is 0 Å². The lowest BCUT2D eigenvalue weighted by molar-refractivity contribution is -0.146. The summed E-state index contributed by atoms with van der Waals surface area (Å²) in [5.74, 6) is -1.65. The Bertz CT molecular complexity index is 973. The molecular weight excluding hydrogens is 413 g/mol. The molecule has 0 spiro atoms. The standard InChI is InChI=1S/C22H27F3N2O2S/c1-3-12-26-19-8-4-18-14-20(9-5-17(18)13-19)27-30(28,29)21-10-6-16(7-11-21)15(2)22(23,24)25/h5-7,9-11,14-15,19,26-27H,3-4,8,12-13H2,1-2H3/t15-,19+/m1/s1. The number of halogens is 3. The van der Waals surface area contributed by atoms with Crippen molar-refractivity contribution in [2.24, 2.45) is 0 Å². The molecule has 0 saturated heterocycles. The van der Waals surface area contributed by atoms with Gasteiger partial charge in [0.25, 0.3) is 10.0 Å². The zero-order valence-electron chi connectivity index (χ0n) is 17.1. The minimum Gasteiger partial charge on any atom is -0.314 e. The molecule has 2 N–H and O–H groups in total. The van der Waals surface area contributed by atoms with Crippen LogP contribution < -0.4 is 10.0 Å². The van der Waals surface area contributed by atoms with Gasteiger partial charge in [0, 0.05) is 11.7 Å². The lowest BCUT2D eigenvalue weighted by Gasteiger charge is -2.26. The average Bonchev–Trinajstić information content (AvgIpc) is 2.70. The highest BCUT2D eigenvalue weighted by molar-refractivity contribution is 7.92. The topological polar surface area (TPSA) is 58.2 Å². The summed E-state index contributed by atoms with van der Waals surface area (Å²) >= 11 is 0. The highest BCUT2D eigenvalue weighted by Crippen LogP contribution is 2.34. The molecule has 2 atom stereocenters. The number of hydrogen-bond acceptors (Lipinski definition) is 3. The predicted octanol–water partition coefficient (Wildman–Crippen LogP) is 5.01. The summed E-state index contributed by atoms with van der Waals surface area (Å²) in [6, 6.07) is 10.8. The first-order valence-electron chi connectivity index (χ1n) is 10.1. The Labute approximate surface area is 175 Å². The number of rotatable bonds is 7. The molecule has 0 bridgehead atoms. The number of sulfonamides is 1. The lowest BCUT2D eigenvalue weighted by Crippen LogP contribution is -2.35. The van der Waals surface area contributed by atoms with Gasteiger partial charge in [-0.2, -0.15) is 13.2 Å². The molecule has 1 aliphatic rings. The molecule has 0 heterocycles. The van der Waals surface area contributed by atoms with E-state index in [0.29, 0.717) is 11.7 Å². The number of alkyl halides is 3. The first kappa shape index (κ1) is 22.6. The summed E-state index contributed by atoms with van der Waals surface area (Å²) in [7, 11) is -3.88. The minimum atomic E-state index is -4.37. The quantitative estimate of drug-likeness (QED) is 0.636. The van der Waals surface area contributed by atoms with E-state index in [4.69, 9.17) is 0 Å². The van der Waals surface area contributed by atoms with Gasteiger partial charge in [-0.25, -0.2) is 8.42 Å². The number of benzene rings is 2. The van der Waals surface area contributed by atoms with Crippen LogP contribution in [0.25, 0.3) is 0 Å². The summed E-state index contributed by atoms with van der Waals surface area (Å²) < 4.78 is 66.4. The van der Waals surface area contributed by atoms with Crippen LogP contribution in [0, 0.1) is 0 Å². The maximum atomic E-state index is 12.8. The van der Waals surface area contributed by atoms with E-state index in [1.807, 2.05) is 12.1 Å². The Balaban J connectivity index is 1.72. The second-order valence-corrected chi connectivity index (χ2v) is 9.50. The largest absolute Gasteiger partial charge is 0.395 e. The SMILES string of the molecule is CCCN[C@H]1CCc2cc(NS(=O)(=O)c3ccc([C@@H](C)C(F)(F)F)cc3)ccc2C1. The third-order valence-corrected chi connectivity index (χ3v) is 6.95. The van der Waals surface area contributed by atoms with E-state index in [0.717, 1.165) is 44.7 Å². The molecule has 0 unspecified atom stereocenters. The van der Waals surface area contributed by atoms with Gasteiger partial charge in [-0.1, -0.05) is 25.1 Å². The molecule has 0 fully saturated rings. The van der Waals surface area contributed by atoms with Gasteiger partial charge in [0.15, 0.2) is 0 Å². The van der Waals surface area contributed by atoms with Crippen molar-refractivity contribution in [1.82, 2.24) is 5.32 Å². The molecule has 164 valence electrons. The fraction of sp³-hybridized carbons (Fsp3) is 0.455. The van der Waals surface area contributed by atoms with Crippen LogP contribution in [-0.2, 0) is 22.9 Å². The highest BCUT2D eigenvalue weighted by Gasteiger charge is 2.37. The van der Waals surface area contributed by atoms with Crippen molar-refractivity contribution in [2.75, 3.05) is 11.3 Å². The molecule has 8 heteroatoms. The fourth-order valence-corrected chi connectivity index (χ4v) is 4.73. The number of fused-ring (bicyclic) bond motifs is 1. The van der Waals surface area contributed by atoms with E-state index < -0.39 is 22.1 Å². The number of anilines is 1. The van der Waals surface area contributed by atoms with Crippen molar-refractivity contribution in [3.8, 4) is 0 Å². The van der Waals surface area contributed by atoms with Crippen molar-refractivity contribution in [2.45, 2.75) is 62.6 Å². The van der Waals surface area contributed by atoms with Crippen LogP contribution in [0.3, 0.4) is 0 Å². The summed E-state index contributed by atoms with van der Waals surface area (Å²) in [5.41, 5.74) is 2.82. The van der Waals surface area contributed by atoms with E-state index in [9.17, 15) is 21.6 Å². The Kier molecular flexibility index (Phi) is 6.77. The average molecular weight is 441 g/mol. The number of aryl methyl sites for hydroxylation is 1. The molecule has 30 heavy (non-hydrogen) atoms. The van der Waals surface area contributed by atoms with Crippen molar-refractivity contribution in [3.63, 3.8) is 0 Å². The molecule has 1 aliphatic carbocycles. The van der Waals surface area contributed by atoms with Crippen LogP contribution in [0.2, 0.25) is 0 Å². The van der Waals surface area contributed by atoms with Gasteiger partial charge in [-0.3, -0.25) is 4.72 Å². The molecule has 0 aliphatic heterocycles. The normalized spacial score (nSPS) is 18.0. The van der Waals surface area contributed by atoms with Gasteiger partial charge in [-0.05, 0) is 80.1 Å². The maximum Gasteiger partial charge on any atom is 0.395 e. The summed E-state index contributed by atoms with van der Waals surface area (Å²) in [6.07, 6.45) is -0.493. The summed E-state index contributed by atoms with van der Waals surface area (Å²) in [6.45, 7) is 4.17. The Hall–Kier alpha value is -2.06. The van der Waals surface area contributed by atoms with Gasteiger partial charge in [0.2, 0.25) is 0 Å². The van der Waals surface area contributed by atoms with E-state index in [2.05, 4.69) is 17.0 Å². The Morgan fingerprint density at radius 3 is 2.43 bits per heavy atom. The van der Waals surface area contributed by atoms with E-state index in [-0.39, 0.29) is 10.5 Å². The van der Waals surface area contributed by atoms with Gasteiger partial charge in [0.05, 0.1) is 10.8 Å². The molecular formula is C22H27F3N2O2S. The molecule has 4 nitrogen and oxygen atoms in total. The zero-order chi connectivity index (χ0) is 21.9. The molecule has 0 saturated carbocycles. The van der Waals surface area contributed by atoms with E-state index in [1.165, 1.54) is 29.8 Å². The monoisotopic (exact) mass is 440 g/mol. The molecule has 0 amide bonds. The van der Waals surface area contributed by atoms with Crippen LogP contribution in [0.5, 0.6) is 0 Å². The van der Waals surface area contributed by atoms with Gasteiger partial charge >= 0.3 is 6.18 Å². The third kappa shape index (κ3) is 5.35. The summed E-state index contributed by atoms with van der Waals surface area (Å²) in [5, 5.41) is 3.53. The minimum absolute atomic E-state index is 0.0291. The third-order valence-electron chi connectivity index (χ3n) is 5.55. The van der Waals surface area contributed by atoms with Gasteiger partial charge < -0.3 is 5.32 Å². The van der Waals surface area contributed by atoms with Crippen LogP contribution in [0.4, 0.5) is 18.9 Å². The second-order valence-electron chi connectivity index (χ2n) is 7.82. The van der Waals surface area contributed by atoms with Crippen LogP contribution in [0.1, 0.15) is 49.3 Å². The van der Waals surface area contributed by atoms with Crippen molar-refractivity contribution in [3.05, 3.63) is 59.2 Å². The number of nitrogens with one attached hydrogen (secondary N) is 2. The van der Waals surface area contributed by atoms with Crippen molar-refractivity contribution < 1.29 is 21.6 Å². The van der Waals surface area contributed by atoms with Crippen molar-refractivity contribution >= 4 is 15.7 Å². The molecule has 0 aromatic heterocycles. The van der Waals surface area contributed by atoms with Crippen molar-refractivity contribution in [1.29, 1.82) is 0 Å². The first-order valence-corrected chi connectivity index (χ1v) is 11.6. The Morgan fingerprint density at radius 2 is 1.80 bits per heavy atom. The van der Waals surface area contributed by atoms with Crippen LogP contribution >= 0.6 is 0 Å². The smallest absolute Gasteiger partial charge is 0.314 e. The molecule has 0 radical (unpaired) electrons. The first-order chi connectivity index (χ1) is 14.1.